The van der Waals surface area contributed by atoms with Crippen molar-refractivity contribution in [2.75, 3.05) is 0 Å². The first-order valence-electron chi connectivity index (χ1n) is 43.1. The molecule has 0 radical (unpaired) electrons. The molecule has 0 saturated heterocycles. The number of carboxylic acid groups (broad SMARTS) is 4. The lowest BCUT2D eigenvalue weighted by atomic mass is 10.0. The number of halogens is 10. The van der Waals surface area contributed by atoms with Gasteiger partial charge in [-0.2, -0.15) is 16.6 Å². The van der Waals surface area contributed by atoms with Gasteiger partial charge in [-0.1, -0.05) is 215 Å². The molecule has 37 heteroatoms. The van der Waals surface area contributed by atoms with E-state index in [1.54, 1.807) is 60.7 Å². The van der Waals surface area contributed by atoms with Crippen LogP contribution >= 0.6 is 186 Å². The molecule has 0 aliphatic rings. The van der Waals surface area contributed by atoms with Crippen molar-refractivity contribution in [2.45, 2.75) is 96.9 Å². The van der Waals surface area contributed by atoms with Gasteiger partial charge in [0.15, 0.2) is 0 Å². The Balaban J connectivity index is 0.000000159. The normalized spacial score (nSPS) is 11.9. The average Bonchev–Trinajstić information content (AvgIpc) is 1.65. The van der Waals surface area contributed by atoms with Crippen LogP contribution in [0.4, 0.5) is 0 Å². The van der Waals surface area contributed by atoms with Crippen LogP contribution in [0.1, 0.15) is 240 Å². The van der Waals surface area contributed by atoms with Gasteiger partial charge in [0.2, 0.25) is 5.82 Å². The van der Waals surface area contributed by atoms with E-state index in [9.17, 15) is 43.2 Å². The van der Waals surface area contributed by atoms with Gasteiger partial charge in [-0.05, 0) is 317 Å². The Bertz CT molecular complexity index is 7120. The third-order valence-corrected chi connectivity index (χ3v) is 31.0. The van der Waals surface area contributed by atoms with E-state index in [1.807, 2.05) is 196 Å². The molecular weight excluding hydrogens is 2240 g/mol. The van der Waals surface area contributed by atoms with Crippen LogP contribution in [-0.2, 0) is 32.1 Å². The number of carbonyl (C=O) groups is 9. The fraction of sp³-hybridized carbons (Fsp3) is 0.143. The summed E-state index contributed by atoms with van der Waals surface area (Å²) < 4.78 is 3.66. The Hall–Kier alpha value is -11.5. The number of hydrogen-bond acceptors (Lipinski definition) is 17. The molecule has 10 N–H and O–H groups in total. The van der Waals surface area contributed by atoms with Crippen LogP contribution < -0.4 is 26.6 Å². The van der Waals surface area contributed by atoms with Crippen molar-refractivity contribution in [3.63, 3.8) is 0 Å². The number of nitrogens with one attached hydrogen (secondary N) is 6. The number of thiophene rings is 5. The number of rotatable bonds is 30. The fourth-order valence-electron chi connectivity index (χ4n) is 14.5. The molecule has 22 nitrogen and oxygen atoms in total. The lowest BCUT2D eigenvalue weighted by molar-refractivity contribution is 0.0686. The van der Waals surface area contributed by atoms with Crippen LogP contribution in [0.15, 0.2) is 282 Å². The van der Waals surface area contributed by atoms with E-state index in [0.717, 1.165) is 100 Å². The van der Waals surface area contributed by atoms with Crippen LogP contribution in [0.5, 0.6) is 0 Å². The second kappa shape index (κ2) is 52.1. The van der Waals surface area contributed by atoms with E-state index in [4.69, 9.17) is 102 Å². The van der Waals surface area contributed by atoms with Crippen LogP contribution in [-0.4, -0.2) is 94.5 Å². The minimum absolute atomic E-state index is 0.150. The third-order valence-electron chi connectivity index (χ3n) is 22.0. The van der Waals surface area contributed by atoms with Gasteiger partial charge in [0.05, 0.1) is 98.9 Å². The highest BCUT2D eigenvalue weighted by atomic mass is 79.9. The van der Waals surface area contributed by atoms with E-state index in [1.165, 1.54) is 105 Å². The van der Waals surface area contributed by atoms with E-state index < -0.39 is 23.9 Å². The number of aromatic nitrogens is 4. The molecule has 16 rings (SSSR count). The molecule has 10 aromatic carbocycles. The second-order valence-corrected chi connectivity index (χ2v) is 44.2. The number of nitrogens with zero attached hydrogens (tertiary/aromatic N) is 3. The summed E-state index contributed by atoms with van der Waals surface area (Å²) in [5.74, 6) is -4.28. The Morgan fingerprint density at radius 2 is 0.655 bits per heavy atom. The van der Waals surface area contributed by atoms with Gasteiger partial charge in [-0.25, -0.2) is 19.2 Å². The number of hydrogen-bond donors (Lipinski definition) is 10. The summed E-state index contributed by atoms with van der Waals surface area (Å²) in [6.07, 6.45) is 2.92. The maximum atomic E-state index is 13.0. The lowest BCUT2D eigenvalue weighted by Crippen LogP contribution is -2.27. The Morgan fingerprint density at radius 3 is 0.993 bits per heavy atom. The number of H-pyrrole nitrogens is 1. The first kappa shape index (κ1) is 109. The number of amides is 5. The molecule has 728 valence electrons. The molecule has 0 aliphatic heterocycles. The summed E-state index contributed by atoms with van der Waals surface area (Å²) in [6, 6.07) is 73.8. The maximum absolute atomic E-state index is 13.0. The molecule has 5 atom stereocenters. The zero-order valence-corrected chi connectivity index (χ0v) is 89.7. The number of benzene rings is 10. The molecule has 6 aromatic heterocycles. The summed E-state index contributed by atoms with van der Waals surface area (Å²) in [5, 5.41) is 73.8. The van der Waals surface area contributed by atoms with Crippen molar-refractivity contribution in [1.29, 1.82) is 0 Å². The molecular formula is C105H85Br3Cl7N9O13S5. The van der Waals surface area contributed by atoms with Crippen LogP contribution in [0.3, 0.4) is 0 Å². The van der Waals surface area contributed by atoms with Crippen molar-refractivity contribution in [3.8, 4) is 11.4 Å². The minimum atomic E-state index is -0.984. The van der Waals surface area contributed by atoms with E-state index in [-0.39, 0.29) is 82.0 Å². The summed E-state index contributed by atoms with van der Waals surface area (Å²) in [7, 11) is 0. The standard InChI is InChI=1S/C21H16Br2ClNO3S.C21H17BrClNO3S.C21H17Cl2N5OS.C21H17Cl2NO3S.C21H18ClNO3S/c1-11(13-5-7-14(8-6-13)21(27)28)25-20(26)17-16(18(22)29-19(17)23)10-12-3-2-4-15(24)9-12;1-12(14-5-7-15(8-6-14)21(26)27)24-20(25)18-11-28-19(22)17(18)10-13-3-2-4-16(23)9-13;1-12(14-5-7-15(8-6-14)20-25-27-28-26-20)24-21(29)19-16(11-18(23)30-19)9-13-3-2-4-17(22)10-13;1-12(14-5-7-15(8-6-14)21(26)27)24-20(25)19-16(11-18(23)28-19)9-13-3-2-4-17(22)10-13;1-13(15-5-7-16(8-6-15)21(25)26)23-20(24)19-12-27-11-17(19)9-14-3-2-4-18(22)10-14/h2-9,11H,10H2,1H3,(H,25,26)(H,27,28);2-9,11-12H,10H2,1H3,(H,24,25)(H,26,27);2-8,10-12H,9H2,1H3,(H,24,29)(H,25,26,27,28);2-8,10-12H,9H2,1H3,(H,24,25)(H,26,27);2-8,10-13H,9H2,1H3,(H,23,24)(H,25,26)/t11-;12-;;;13-/m00..0/s1. The Kier molecular flexibility index (Phi) is 40.1. The van der Waals surface area contributed by atoms with Crippen molar-refractivity contribution >= 4 is 239 Å². The number of carboxylic acids is 4. The van der Waals surface area contributed by atoms with Crippen LogP contribution in [0, 0.1) is 0 Å². The molecule has 2 unspecified atom stereocenters. The second-order valence-electron chi connectivity index (χ2n) is 32.1. The number of aromatic carboxylic acids is 4. The van der Waals surface area contributed by atoms with Crippen molar-refractivity contribution in [1.82, 2.24) is 47.2 Å². The van der Waals surface area contributed by atoms with Gasteiger partial charge in [-0.15, -0.1) is 55.5 Å². The van der Waals surface area contributed by atoms with Crippen LogP contribution in [0.2, 0.25) is 33.8 Å². The quantitative estimate of drug-likeness (QED) is 0.0200. The third kappa shape index (κ3) is 31.2. The van der Waals surface area contributed by atoms with Crippen molar-refractivity contribution in [3.05, 3.63) is 448 Å². The van der Waals surface area contributed by atoms with Crippen LogP contribution in [0.25, 0.3) is 11.4 Å². The zero-order chi connectivity index (χ0) is 102. The fourth-order valence-corrected chi connectivity index (χ4v) is 23.4. The van der Waals surface area contributed by atoms with Gasteiger partial charge in [0, 0.05) is 54.3 Å². The largest absolute Gasteiger partial charge is 0.478 e. The van der Waals surface area contributed by atoms with E-state index in [0.29, 0.717) is 98.2 Å². The molecule has 0 fully saturated rings. The van der Waals surface area contributed by atoms with Crippen molar-refractivity contribution in [2.24, 2.45) is 0 Å². The SMILES string of the molecule is CC(NC(=O)c1sc(Cl)cc1Cc1cccc(Cl)c1)c1ccc(-c2nn[nH]n2)cc1.CC(NC(=O)c1sc(Cl)cc1Cc1cccc(Cl)c1)c1ccc(C(=O)O)cc1.C[C@H](NC(=O)c1c(Br)sc(Br)c1Cc1cccc(Cl)c1)c1ccc(C(=O)O)cc1.C[C@H](NC(=O)c1csc(Br)c1Cc1cccc(Cl)c1)c1ccc(C(=O)O)cc1.C[C@H](NC(=O)c1cscc1Cc1cccc(Cl)c1)c1ccc(C(=O)O)cc1. The Morgan fingerprint density at radius 1 is 0.338 bits per heavy atom. The molecule has 5 amide bonds. The van der Waals surface area contributed by atoms with Gasteiger partial charge >= 0.3 is 23.9 Å². The number of aromatic amines is 1. The summed E-state index contributed by atoms with van der Waals surface area (Å²) in [6.45, 7) is 9.38. The van der Waals surface area contributed by atoms with E-state index in [2.05, 4.69) is 95.0 Å². The molecule has 142 heavy (non-hydrogen) atoms. The summed E-state index contributed by atoms with van der Waals surface area (Å²) in [5.41, 5.74) is 17.4. The van der Waals surface area contributed by atoms with Gasteiger partial charge in [0.25, 0.3) is 29.5 Å². The van der Waals surface area contributed by atoms with Gasteiger partial charge in [0.1, 0.15) is 0 Å². The van der Waals surface area contributed by atoms with Gasteiger partial charge < -0.3 is 47.0 Å². The molecule has 0 bridgehead atoms. The first-order chi connectivity index (χ1) is 67.9. The van der Waals surface area contributed by atoms with Gasteiger partial charge in [-0.3, -0.25) is 24.0 Å². The minimum Gasteiger partial charge on any atom is -0.478 e. The van der Waals surface area contributed by atoms with E-state index >= 15 is 0 Å². The smallest absolute Gasteiger partial charge is 0.335 e. The molecule has 0 spiro atoms. The first-order valence-corrected chi connectivity index (χ1v) is 52.4. The molecule has 6 heterocycles. The topological polar surface area (TPSA) is 349 Å². The highest BCUT2D eigenvalue weighted by molar-refractivity contribution is 9.12. The average molecular weight is 2330 g/mol. The highest BCUT2D eigenvalue weighted by Crippen LogP contribution is 2.41. The highest BCUT2D eigenvalue weighted by Gasteiger charge is 2.28. The number of carbonyl (C=O) groups excluding carboxylic acids is 5. The molecule has 0 saturated carbocycles. The summed E-state index contributed by atoms with van der Waals surface area (Å²) >= 11 is 60.2. The lowest BCUT2D eigenvalue weighted by Gasteiger charge is -2.15. The molecule has 0 aliphatic carbocycles. The summed E-state index contributed by atoms with van der Waals surface area (Å²) in [4.78, 5) is 109. The number of tetrazole rings is 1. The molecule has 16 aromatic rings. The predicted octanol–water partition coefficient (Wildman–Crippen LogP) is 29.0. The monoisotopic (exact) mass is 2320 g/mol. The Labute approximate surface area is 897 Å². The maximum Gasteiger partial charge on any atom is 0.335 e. The zero-order valence-electron chi connectivity index (χ0n) is 75.5. The predicted molar refractivity (Wildman–Crippen MR) is 579 cm³/mol. The van der Waals surface area contributed by atoms with Crippen molar-refractivity contribution < 1.29 is 63.6 Å².